The smallest absolute Gasteiger partial charge is 0.125 e. The van der Waals surface area contributed by atoms with Crippen LogP contribution < -0.4 is 16.8 Å². The zero-order chi connectivity index (χ0) is 15.4. The van der Waals surface area contributed by atoms with Crippen LogP contribution in [0.2, 0.25) is 0 Å². The third-order valence-electron chi connectivity index (χ3n) is 3.09. The minimum absolute atomic E-state index is 0.0476. The molecule has 21 heavy (non-hydrogen) atoms. The van der Waals surface area contributed by atoms with E-state index in [1.807, 2.05) is 0 Å². The fourth-order valence-electron chi connectivity index (χ4n) is 2.01. The molecule has 0 aromatic heterocycles. The van der Waals surface area contributed by atoms with Gasteiger partial charge in [-0.05, 0) is 30.3 Å². The number of rotatable bonds is 5. The minimum atomic E-state index is -0.865. The summed E-state index contributed by atoms with van der Waals surface area (Å²) in [5.74, 6) is 0.0476. The van der Waals surface area contributed by atoms with E-state index in [-0.39, 0.29) is 18.9 Å². The molecule has 0 saturated carbocycles. The summed E-state index contributed by atoms with van der Waals surface area (Å²) >= 11 is 0. The van der Waals surface area contributed by atoms with Gasteiger partial charge in [0.2, 0.25) is 0 Å². The van der Waals surface area contributed by atoms with Gasteiger partial charge >= 0.3 is 0 Å². The fraction of sp³-hybridized carbons (Fsp3) is 0.200. The van der Waals surface area contributed by atoms with Gasteiger partial charge in [0.1, 0.15) is 5.75 Å². The lowest BCUT2D eigenvalue weighted by molar-refractivity contribution is 0.105. The lowest BCUT2D eigenvalue weighted by atomic mass is 10.0. The molecule has 0 saturated heterocycles. The largest absolute Gasteiger partial charge is 0.507 e. The number of hydrogen-bond donors (Lipinski definition) is 6. The first-order valence-electron chi connectivity index (χ1n) is 6.52. The van der Waals surface area contributed by atoms with E-state index in [1.165, 1.54) is 6.07 Å². The van der Waals surface area contributed by atoms with E-state index in [4.69, 9.17) is 16.6 Å². The summed E-state index contributed by atoms with van der Waals surface area (Å²) < 4.78 is 0. The van der Waals surface area contributed by atoms with E-state index in [0.717, 1.165) is 0 Å². The maximum absolute atomic E-state index is 10.0. The number of aliphatic hydroxyl groups is 2. The Balaban J connectivity index is 2.39. The van der Waals surface area contributed by atoms with Crippen LogP contribution in [0.1, 0.15) is 0 Å². The van der Waals surface area contributed by atoms with E-state index in [0.29, 0.717) is 28.2 Å². The molecule has 6 nitrogen and oxygen atoms in total. The molecule has 6 heteroatoms. The molecule has 2 aromatic rings. The number of anilines is 3. The van der Waals surface area contributed by atoms with Gasteiger partial charge in [-0.1, -0.05) is 0 Å². The van der Waals surface area contributed by atoms with Crippen LogP contribution >= 0.6 is 0 Å². The molecule has 112 valence electrons. The first-order chi connectivity index (χ1) is 10.0. The van der Waals surface area contributed by atoms with Crippen molar-refractivity contribution in [2.24, 2.45) is 0 Å². The molecule has 0 radical (unpaired) electrons. The molecular formula is C15H19N3O3. The lowest BCUT2D eigenvalue weighted by Crippen LogP contribution is -2.23. The average Bonchev–Trinajstić information content (AvgIpc) is 2.45. The molecule has 1 unspecified atom stereocenters. The number of phenolic OH excluding ortho intramolecular Hbond substituents is 1. The minimum Gasteiger partial charge on any atom is -0.507 e. The second kappa shape index (κ2) is 6.34. The summed E-state index contributed by atoms with van der Waals surface area (Å²) in [6.45, 7) is -0.145. The van der Waals surface area contributed by atoms with Gasteiger partial charge in [0.15, 0.2) is 0 Å². The summed E-state index contributed by atoms with van der Waals surface area (Å²) in [5, 5.41) is 31.3. The van der Waals surface area contributed by atoms with Crippen LogP contribution in [0.4, 0.5) is 17.1 Å². The van der Waals surface area contributed by atoms with Gasteiger partial charge in [-0.15, -0.1) is 0 Å². The van der Waals surface area contributed by atoms with Gasteiger partial charge in [0, 0.05) is 40.8 Å². The quantitative estimate of drug-likeness (QED) is 0.456. The topological polar surface area (TPSA) is 125 Å². The Morgan fingerprint density at radius 1 is 1.00 bits per heavy atom. The van der Waals surface area contributed by atoms with Crippen molar-refractivity contribution < 1.29 is 15.3 Å². The van der Waals surface area contributed by atoms with Gasteiger partial charge in [-0.25, -0.2) is 0 Å². The van der Waals surface area contributed by atoms with Crippen LogP contribution in [0.3, 0.4) is 0 Å². The molecule has 1 atom stereocenters. The number of nitrogens with two attached hydrogens (primary N) is 2. The molecule has 0 aliphatic rings. The average molecular weight is 289 g/mol. The molecule has 2 aromatic carbocycles. The van der Waals surface area contributed by atoms with E-state index < -0.39 is 6.10 Å². The molecular weight excluding hydrogens is 270 g/mol. The SMILES string of the molecule is Nc1ccc(-c2cc(N)ccc2NCC(O)CO)c(O)c1. The highest BCUT2D eigenvalue weighted by Gasteiger charge is 2.11. The maximum Gasteiger partial charge on any atom is 0.125 e. The highest BCUT2D eigenvalue weighted by atomic mass is 16.3. The Kier molecular flexibility index (Phi) is 4.52. The zero-order valence-corrected chi connectivity index (χ0v) is 11.5. The van der Waals surface area contributed by atoms with Gasteiger partial charge < -0.3 is 32.1 Å². The summed E-state index contributed by atoms with van der Waals surface area (Å²) in [5.41, 5.74) is 14.4. The number of nitrogens with one attached hydrogen (secondary N) is 1. The third kappa shape index (κ3) is 3.56. The first-order valence-corrected chi connectivity index (χ1v) is 6.52. The Labute approximate surface area is 122 Å². The maximum atomic E-state index is 10.0. The number of phenols is 1. The van der Waals surface area contributed by atoms with E-state index in [2.05, 4.69) is 5.32 Å². The summed E-state index contributed by atoms with van der Waals surface area (Å²) in [4.78, 5) is 0. The van der Waals surface area contributed by atoms with E-state index in [1.54, 1.807) is 30.3 Å². The van der Waals surface area contributed by atoms with Crippen LogP contribution in [0.25, 0.3) is 11.1 Å². The zero-order valence-electron chi connectivity index (χ0n) is 11.5. The van der Waals surface area contributed by atoms with Gasteiger partial charge in [0.05, 0.1) is 12.7 Å². The Morgan fingerprint density at radius 2 is 1.67 bits per heavy atom. The highest BCUT2D eigenvalue weighted by Crippen LogP contribution is 2.36. The van der Waals surface area contributed by atoms with Crippen molar-refractivity contribution in [2.75, 3.05) is 29.9 Å². The van der Waals surface area contributed by atoms with Crippen molar-refractivity contribution in [2.45, 2.75) is 6.10 Å². The second-order valence-electron chi connectivity index (χ2n) is 4.80. The Hall–Kier alpha value is -2.44. The normalized spacial score (nSPS) is 12.1. The van der Waals surface area contributed by atoms with E-state index >= 15 is 0 Å². The second-order valence-corrected chi connectivity index (χ2v) is 4.80. The van der Waals surface area contributed by atoms with Crippen LogP contribution in [0.5, 0.6) is 5.75 Å². The van der Waals surface area contributed by atoms with Crippen molar-refractivity contribution in [1.29, 1.82) is 0 Å². The lowest BCUT2D eigenvalue weighted by Gasteiger charge is -2.16. The third-order valence-corrected chi connectivity index (χ3v) is 3.09. The molecule has 0 fully saturated rings. The molecule has 0 amide bonds. The van der Waals surface area contributed by atoms with Crippen LogP contribution in [-0.4, -0.2) is 34.6 Å². The van der Waals surface area contributed by atoms with Crippen molar-refractivity contribution in [3.05, 3.63) is 36.4 Å². The predicted octanol–water partition coefficient (Wildman–Crippen LogP) is 0.989. The van der Waals surface area contributed by atoms with Crippen LogP contribution in [0, 0.1) is 0 Å². The van der Waals surface area contributed by atoms with Crippen molar-refractivity contribution >= 4 is 17.1 Å². The number of aliphatic hydroxyl groups excluding tert-OH is 2. The van der Waals surface area contributed by atoms with Gasteiger partial charge in [0.25, 0.3) is 0 Å². The predicted molar refractivity (Wildman–Crippen MR) is 83.9 cm³/mol. The Morgan fingerprint density at radius 3 is 2.33 bits per heavy atom. The molecule has 0 spiro atoms. The van der Waals surface area contributed by atoms with E-state index in [9.17, 15) is 10.2 Å². The fourth-order valence-corrected chi connectivity index (χ4v) is 2.01. The Bertz CT molecular complexity index is 632. The number of aromatic hydroxyl groups is 1. The first kappa shape index (κ1) is 15.0. The number of hydrogen-bond acceptors (Lipinski definition) is 6. The summed E-state index contributed by atoms with van der Waals surface area (Å²) in [6.07, 6.45) is -0.865. The molecule has 0 heterocycles. The highest BCUT2D eigenvalue weighted by molar-refractivity contribution is 5.84. The molecule has 0 aliphatic carbocycles. The van der Waals surface area contributed by atoms with Crippen molar-refractivity contribution in [3.63, 3.8) is 0 Å². The molecule has 0 aliphatic heterocycles. The monoisotopic (exact) mass is 289 g/mol. The van der Waals surface area contributed by atoms with Crippen molar-refractivity contribution in [1.82, 2.24) is 0 Å². The van der Waals surface area contributed by atoms with Gasteiger partial charge in [-0.3, -0.25) is 0 Å². The number of benzene rings is 2. The summed E-state index contributed by atoms with van der Waals surface area (Å²) in [7, 11) is 0. The molecule has 0 bridgehead atoms. The van der Waals surface area contributed by atoms with Crippen LogP contribution in [-0.2, 0) is 0 Å². The number of nitrogen functional groups attached to an aromatic ring is 2. The molecule has 2 rings (SSSR count). The summed E-state index contributed by atoms with van der Waals surface area (Å²) in [6, 6.07) is 10.0. The van der Waals surface area contributed by atoms with Crippen molar-refractivity contribution in [3.8, 4) is 16.9 Å². The molecule has 8 N–H and O–H groups in total. The van der Waals surface area contributed by atoms with Crippen LogP contribution in [0.15, 0.2) is 36.4 Å². The standard InChI is InChI=1S/C15H19N3O3/c16-9-2-4-14(18-7-11(20)8-19)13(5-9)12-3-1-10(17)6-15(12)21/h1-6,11,18-21H,7-8,16-17H2. The van der Waals surface area contributed by atoms with Gasteiger partial charge in [-0.2, -0.15) is 0 Å².